The van der Waals surface area contributed by atoms with Crippen LogP contribution in [0, 0.1) is 0 Å². The monoisotopic (exact) mass is 436 g/mol. The summed E-state index contributed by atoms with van der Waals surface area (Å²) in [4.78, 5) is 26.4. The Kier molecular flexibility index (Phi) is 4.75. The molecule has 5 rings (SSSR count). The van der Waals surface area contributed by atoms with Gasteiger partial charge in [0.05, 0.1) is 41.0 Å². The van der Waals surface area contributed by atoms with Gasteiger partial charge >= 0.3 is 0 Å². The van der Waals surface area contributed by atoms with Gasteiger partial charge in [0.1, 0.15) is 0 Å². The molecule has 4 heterocycles. The SMILES string of the molecule is C=CCN(CC=C)Cc1nc([C@@]23CCN2C(=O)c2c(Cl)cccc2-n2cncc23)no1. The molecule has 8 nitrogen and oxygen atoms in total. The first-order valence-corrected chi connectivity index (χ1v) is 10.4. The van der Waals surface area contributed by atoms with Crippen LogP contribution in [0.2, 0.25) is 5.02 Å². The van der Waals surface area contributed by atoms with Crippen LogP contribution in [0.3, 0.4) is 0 Å². The molecular weight excluding hydrogens is 416 g/mol. The Hall–Kier alpha value is -3.23. The average Bonchev–Trinajstić information content (AvgIpc) is 3.37. The maximum atomic E-state index is 13.5. The van der Waals surface area contributed by atoms with E-state index in [9.17, 15) is 4.79 Å². The molecule has 1 fully saturated rings. The third-order valence-corrected chi connectivity index (χ3v) is 6.22. The van der Waals surface area contributed by atoms with Gasteiger partial charge in [-0.15, -0.1) is 13.2 Å². The predicted octanol–water partition coefficient (Wildman–Crippen LogP) is 3.19. The lowest BCUT2D eigenvalue weighted by atomic mass is 9.80. The third-order valence-electron chi connectivity index (χ3n) is 5.90. The van der Waals surface area contributed by atoms with Gasteiger partial charge in [0, 0.05) is 26.1 Å². The van der Waals surface area contributed by atoms with E-state index in [0.29, 0.717) is 60.6 Å². The molecule has 2 aliphatic heterocycles. The van der Waals surface area contributed by atoms with Crippen LogP contribution in [0.5, 0.6) is 0 Å². The molecule has 1 atom stereocenters. The first-order valence-electron chi connectivity index (χ1n) is 10.0. The van der Waals surface area contributed by atoms with Crippen molar-refractivity contribution in [1.82, 2.24) is 29.5 Å². The van der Waals surface area contributed by atoms with Gasteiger partial charge in [0.2, 0.25) is 11.7 Å². The molecule has 1 amide bonds. The summed E-state index contributed by atoms with van der Waals surface area (Å²) >= 11 is 6.44. The van der Waals surface area contributed by atoms with Crippen molar-refractivity contribution in [2.24, 2.45) is 0 Å². The number of benzene rings is 1. The number of halogens is 1. The Morgan fingerprint density at radius 3 is 2.81 bits per heavy atom. The zero-order valence-corrected chi connectivity index (χ0v) is 17.6. The third kappa shape index (κ3) is 2.86. The normalized spacial score (nSPS) is 19.3. The molecule has 2 aliphatic rings. The fourth-order valence-corrected chi connectivity index (χ4v) is 4.69. The number of amides is 1. The molecular formula is C22H21ClN6O2. The number of imidazole rings is 1. The van der Waals surface area contributed by atoms with Crippen LogP contribution in [0.15, 0.2) is 60.6 Å². The maximum absolute atomic E-state index is 13.5. The summed E-state index contributed by atoms with van der Waals surface area (Å²) in [6.07, 6.45) is 7.75. The van der Waals surface area contributed by atoms with Gasteiger partial charge in [-0.05, 0) is 12.1 Å². The summed E-state index contributed by atoms with van der Waals surface area (Å²) in [6, 6.07) is 5.42. The topological polar surface area (TPSA) is 80.3 Å². The second-order valence-electron chi connectivity index (χ2n) is 7.63. The minimum absolute atomic E-state index is 0.151. The second kappa shape index (κ2) is 7.47. The highest BCUT2D eigenvalue weighted by atomic mass is 35.5. The summed E-state index contributed by atoms with van der Waals surface area (Å²) < 4.78 is 7.49. The molecule has 9 heteroatoms. The van der Waals surface area contributed by atoms with E-state index in [2.05, 4.69) is 28.2 Å². The smallest absolute Gasteiger partial charge is 0.258 e. The summed E-state index contributed by atoms with van der Waals surface area (Å²) in [5.41, 5.74) is 1.12. The summed E-state index contributed by atoms with van der Waals surface area (Å²) in [5, 5.41) is 4.70. The van der Waals surface area contributed by atoms with Crippen molar-refractivity contribution in [3.63, 3.8) is 0 Å². The molecule has 0 aliphatic carbocycles. The van der Waals surface area contributed by atoms with Crippen LogP contribution in [0.1, 0.15) is 34.2 Å². The van der Waals surface area contributed by atoms with Crippen LogP contribution in [-0.4, -0.2) is 55.0 Å². The van der Waals surface area contributed by atoms with Crippen LogP contribution >= 0.6 is 11.6 Å². The fourth-order valence-electron chi connectivity index (χ4n) is 4.44. The Labute approximate surface area is 184 Å². The first kappa shape index (κ1) is 19.7. The van der Waals surface area contributed by atoms with Crippen molar-refractivity contribution in [1.29, 1.82) is 0 Å². The molecule has 0 unspecified atom stereocenters. The van der Waals surface area contributed by atoms with Crippen molar-refractivity contribution in [2.75, 3.05) is 19.6 Å². The van der Waals surface area contributed by atoms with Gasteiger partial charge in [-0.2, -0.15) is 4.98 Å². The molecule has 1 saturated heterocycles. The van der Waals surface area contributed by atoms with E-state index in [4.69, 9.17) is 21.1 Å². The van der Waals surface area contributed by atoms with E-state index in [-0.39, 0.29) is 5.91 Å². The molecule has 0 spiro atoms. The molecule has 158 valence electrons. The van der Waals surface area contributed by atoms with Crippen molar-refractivity contribution in [3.8, 4) is 5.69 Å². The Bertz CT molecular complexity index is 1170. The largest absolute Gasteiger partial charge is 0.338 e. The van der Waals surface area contributed by atoms with E-state index in [1.54, 1.807) is 23.5 Å². The van der Waals surface area contributed by atoms with Gasteiger partial charge in [0.15, 0.2) is 5.54 Å². The zero-order valence-electron chi connectivity index (χ0n) is 16.9. The number of aromatic nitrogens is 4. The van der Waals surface area contributed by atoms with Crippen molar-refractivity contribution in [2.45, 2.75) is 18.5 Å². The Morgan fingerprint density at radius 1 is 1.29 bits per heavy atom. The Morgan fingerprint density at radius 2 is 2.10 bits per heavy atom. The van der Waals surface area contributed by atoms with Crippen LogP contribution in [0.4, 0.5) is 0 Å². The lowest BCUT2D eigenvalue weighted by molar-refractivity contribution is 0.00917. The summed E-state index contributed by atoms with van der Waals surface area (Å²) in [6.45, 7) is 9.94. The highest BCUT2D eigenvalue weighted by Crippen LogP contribution is 2.49. The Balaban J connectivity index is 1.59. The number of fused-ring (bicyclic) bond motifs is 5. The second-order valence-corrected chi connectivity index (χ2v) is 8.04. The maximum Gasteiger partial charge on any atom is 0.258 e. The number of hydrogen-bond acceptors (Lipinski definition) is 6. The quantitative estimate of drug-likeness (QED) is 0.529. The van der Waals surface area contributed by atoms with E-state index in [1.165, 1.54) is 0 Å². The fraction of sp³-hybridized carbons (Fsp3) is 0.273. The van der Waals surface area contributed by atoms with Gasteiger partial charge in [0.25, 0.3) is 5.91 Å². The minimum Gasteiger partial charge on any atom is -0.338 e. The highest BCUT2D eigenvalue weighted by molar-refractivity contribution is 6.34. The highest BCUT2D eigenvalue weighted by Gasteiger charge is 2.57. The molecule has 0 saturated carbocycles. The predicted molar refractivity (Wildman–Crippen MR) is 115 cm³/mol. The average molecular weight is 437 g/mol. The minimum atomic E-state index is -0.848. The number of carbonyl (C=O) groups is 1. The first-order chi connectivity index (χ1) is 15.1. The van der Waals surface area contributed by atoms with Crippen molar-refractivity contribution in [3.05, 3.63) is 84.0 Å². The van der Waals surface area contributed by atoms with Gasteiger partial charge in [-0.25, -0.2) is 4.98 Å². The van der Waals surface area contributed by atoms with E-state index in [1.807, 2.05) is 28.9 Å². The summed E-state index contributed by atoms with van der Waals surface area (Å²) in [5.74, 6) is 0.769. The molecule has 0 N–H and O–H groups in total. The van der Waals surface area contributed by atoms with E-state index >= 15 is 0 Å². The van der Waals surface area contributed by atoms with Crippen LogP contribution in [-0.2, 0) is 12.1 Å². The van der Waals surface area contributed by atoms with Crippen molar-refractivity contribution >= 4 is 17.5 Å². The molecule has 31 heavy (non-hydrogen) atoms. The summed E-state index contributed by atoms with van der Waals surface area (Å²) in [7, 11) is 0. The molecule has 3 aromatic rings. The van der Waals surface area contributed by atoms with Gasteiger partial charge < -0.3 is 9.42 Å². The van der Waals surface area contributed by atoms with Gasteiger partial charge in [-0.1, -0.05) is 35.0 Å². The number of hydrogen-bond donors (Lipinski definition) is 0. The number of carbonyl (C=O) groups excluding carboxylic acids is 1. The molecule has 0 bridgehead atoms. The van der Waals surface area contributed by atoms with Crippen LogP contribution < -0.4 is 0 Å². The lowest BCUT2D eigenvalue weighted by Gasteiger charge is -2.49. The standard InChI is InChI=1S/C22H21ClN6O2/c1-3-9-27(10-4-2)13-18-25-21(26-31-18)22-8-11-29(22)20(30)19-15(23)6-5-7-16(19)28-14-24-12-17(22)28/h3-7,12,14H,1-2,8-11,13H2/t22-/m0/s1. The molecule has 0 radical (unpaired) electrons. The number of rotatable bonds is 7. The number of nitrogens with zero attached hydrogens (tertiary/aromatic N) is 6. The van der Waals surface area contributed by atoms with E-state index in [0.717, 1.165) is 5.69 Å². The van der Waals surface area contributed by atoms with E-state index < -0.39 is 5.54 Å². The zero-order chi connectivity index (χ0) is 21.6. The lowest BCUT2D eigenvalue weighted by Crippen LogP contribution is -2.60. The van der Waals surface area contributed by atoms with Crippen molar-refractivity contribution < 1.29 is 9.32 Å². The molecule has 1 aromatic carbocycles. The molecule has 2 aromatic heterocycles. The van der Waals surface area contributed by atoms with Gasteiger partial charge in [-0.3, -0.25) is 14.3 Å². The van der Waals surface area contributed by atoms with Crippen LogP contribution in [0.25, 0.3) is 5.69 Å².